The first-order chi connectivity index (χ1) is 18.7. The van der Waals surface area contributed by atoms with Crippen LogP contribution in [0.15, 0.2) is 40.9 Å². The van der Waals surface area contributed by atoms with Gasteiger partial charge in [0.05, 0.1) is 0 Å². The summed E-state index contributed by atoms with van der Waals surface area (Å²) in [6.45, 7) is 29.8. The van der Waals surface area contributed by atoms with Gasteiger partial charge < -0.3 is 24.5 Å². The Morgan fingerprint density at radius 1 is 0.780 bits per heavy atom. The molecule has 2 N–H and O–H groups in total. The number of hydrogen-bond acceptors (Lipinski definition) is 6. The van der Waals surface area contributed by atoms with Crippen LogP contribution in [-0.4, -0.2) is 41.4 Å². The molecule has 3 aromatic rings. The lowest BCUT2D eigenvalue weighted by Crippen LogP contribution is -2.41. The van der Waals surface area contributed by atoms with E-state index in [1.165, 1.54) is 5.56 Å². The fraction of sp³-hybridized carbons (Fsp3) is 0.629. The standard InChI is InChI=1S/C35H55N3O3/c1-23(21-37-33(6,7)8)39-28-16-25-18-29(32(3,4)5)41-31(25)26(17-28)20-35(12,13)27-14-15-36-30(19-27)40-24(2)22-38-34(9,10)11/h14-19,23-24,37-38H,20-22H2,1-13H3/t23-,24+/m0/s1. The van der Waals surface area contributed by atoms with Gasteiger partial charge in [-0.05, 0) is 103 Å². The molecular weight excluding hydrogens is 510 g/mol. The van der Waals surface area contributed by atoms with Gasteiger partial charge in [0.2, 0.25) is 5.88 Å². The second-order valence-electron chi connectivity index (χ2n) is 15.4. The van der Waals surface area contributed by atoms with E-state index in [0.717, 1.165) is 47.6 Å². The zero-order chi connectivity index (χ0) is 30.8. The Morgan fingerprint density at radius 3 is 1.93 bits per heavy atom. The molecule has 41 heavy (non-hydrogen) atoms. The minimum atomic E-state index is -0.201. The monoisotopic (exact) mass is 565 g/mol. The van der Waals surface area contributed by atoms with Gasteiger partial charge in [0.1, 0.15) is 29.3 Å². The molecule has 3 rings (SSSR count). The third kappa shape index (κ3) is 10.0. The average molecular weight is 566 g/mol. The number of benzene rings is 1. The van der Waals surface area contributed by atoms with Crippen molar-refractivity contribution >= 4 is 11.0 Å². The summed E-state index contributed by atoms with van der Waals surface area (Å²) >= 11 is 0. The summed E-state index contributed by atoms with van der Waals surface area (Å²) in [4.78, 5) is 4.51. The average Bonchev–Trinajstić information content (AvgIpc) is 3.26. The number of fused-ring (bicyclic) bond motifs is 1. The predicted molar refractivity (Wildman–Crippen MR) is 172 cm³/mol. The second kappa shape index (κ2) is 12.3. The number of rotatable bonds is 11. The van der Waals surface area contributed by atoms with Crippen molar-refractivity contribution in [1.82, 2.24) is 15.6 Å². The summed E-state index contributed by atoms with van der Waals surface area (Å²) in [7, 11) is 0. The van der Waals surface area contributed by atoms with Crippen LogP contribution >= 0.6 is 0 Å². The zero-order valence-electron chi connectivity index (χ0n) is 27.9. The van der Waals surface area contributed by atoms with Gasteiger partial charge in [0.15, 0.2) is 0 Å². The van der Waals surface area contributed by atoms with Gasteiger partial charge in [0.25, 0.3) is 0 Å². The third-order valence-electron chi connectivity index (χ3n) is 7.05. The highest BCUT2D eigenvalue weighted by molar-refractivity contribution is 5.83. The maximum absolute atomic E-state index is 6.52. The molecule has 1 aromatic carbocycles. The Balaban J connectivity index is 1.90. The smallest absolute Gasteiger partial charge is 0.213 e. The summed E-state index contributed by atoms with van der Waals surface area (Å²) in [6.07, 6.45) is 2.65. The van der Waals surface area contributed by atoms with Crippen LogP contribution in [0.1, 0.15) is 107 Å². The van der Waals surface area contributed by atoms with Crippen LogP contribution in [0.5, 0.6) is 11.6 Å². The Bertz CT molecular complexity index is 1290. The van der Waals surface area contributed by atoms with E-state index in [2.05, 4.69) is 136 Å². The molecule has 0 aliphatic rings. The Hall–Kier alpha value is -2.57. The zero-order valence-corrected chi connectivity index (χ0v) is 27.9. The SMILES string of the molecule is C[C@H](CNC(C)(C)C)Oc1cc(C(C)(C)Cc2cc(O[C@@H](C)CNC(C)(C)C)cc3cc(C(C)(C)C)oc23)ccn1. The number of nitrogens with zero attached hydrogens (tertiary/aromatic N) is 1. The van der Waals surface area contributed by atoms with E-state index < -0.39 is 0 Å². The second-order valence-corrected chi connectivity index (χ2v) is 15.4. The number of pyridine rings is 1. The van der Waals surface area contributed by atoms with Crippen LogP contribution in [0, 0.1) is 0 Å². The Morgan fingerprint density at radius 2 is 1.37 bits per heavy atom. The fourth-order valence-electron chi connectivity index (χ4n) is 4.66. The lowest BCUT2D eigenvalue weighted by molar-refractivity contribution is 0.195. The van der Waals surface area contributed by atoms with Crippen LogP contribution in [0.2, 0.25) is 0 Å². The molecule has 0 saturated carbocycles. The maximum atomic E-state index is 6.52. The van der Waals surface area contributed by atoms with Crippen molar-refractivity contribution in [2.45, 2.75) is 131 Å². The molecule has 0 radical (unpaired) electrons. The summed E-state index contributed by atoms with van der Waals surface area (Å²) in [5.41, 5.74) is 3.03. The number of furan rings is 1. The van der Waals surface area contributed by atoms with Gasteiger partial charge in [-0.3, -0.25) is 0 Å². The van der Waals surface area contributed by atoms with Crippen LogP contribution in [0.25, 0.3) is 11.0 Å². The van der Waals surface area contributed by atoms with E-state index in [-0.39, 0.29) is 34.1 Å². The lowest BCUT2D eigenvalue weighted by Gasteiger charge is -2.27. The van der Waals surface area contributed by atoms with E-state index in [4.69, 9.17) is 13.9 Å². The van der Waals surface area contributed by atoms with Crippen molar-refractivity contribution in [3.8, 4) is 11.6 Å². The highest BCUT2D eigenvalue weighted by Crippen LogP contribution is 2.38. The molecule has 0 unspecified atom stereocenters. The third-order valence-corrected chi connectivity index (χ3v) is 7.05. The largest absolute Gasteiger partial charge is 0.489 e. The van der Waals surface area contributed by atoms with E-state index >= 15 is 0 Å². The molecule has 228 valence electrons. The minimum Gasteiger partial charge on any atom is -0.489 e. The first-order valence-electron chi connectivity index (χ1n) is 15.1. The molecule has 2 atom stereocenters. The van der Waals surface area contributed by atoms with Gasteiger partial charge in [-0.25, -0.2) is 4.98 Å². The molecule has 6 nitrogen and oxygen atoms in total. The van der Waals surface area contributed by atoms with Crippen LogP contribution in [0.4, 0.5) is 0 Å². The molecular formula is C35H55N3O3. The molecule has 2 heterocycles. The predicted octanol–water partition coefficient (Wildman–Crippen LogP) is 7.96. The molecule has 0 fully saturated rings. The van der Waals surface area contributed by atoms with Crippen molar-refractivity contribution in [2.75, 3.05) is 13.1 Å². The minimum absolute atomic E-state index is 0.00208. The topological polar surface area (TPSA) is 68.5 Å². The summed E-state index contributed by atoms with van der Waals surface area (Å²) in [6, 6.07) is 10.6. The van der Waals surface area contributed by atoms with Gasteiger partial charge in [-0.15, -0.1) is 0 Å². The van der Waals surface area contributed by atoms with E-state index in [1.54, 1.807) is 0 Å². The Kier molecular flexibility index (Phi) is 9.92. The molecule has 0 amide bonds. The number of ether oxygens (including phenoxy) is 2. The first kappa shape index (κ1) is 32.9. The number of nitrogens with one attached hydrogen (secondary N) is 2. The van der Waals surface area contributed by atoms with E-state index in [0.29, 0.717) is 5.88 Å². The fourth-order valence-corrected chi connectivity index (χ4v) is 4.66. The van der Waals surface area contributed by atoms with Gasteiger partial charge >= 0.3 is 0 Å². The molecule has 6 heteroatoms. The normalized spacial score (nSPS) is 14.8. The molecule has 0 saturated heterocycles. The van der Waals surface area contributed by atoms with E-state index in [1.807, 2.05) is 6.20 Å². The maximum Gasteiger partial charge on any atom is 0.213 e. The summed E-state index contributed by atoms with van der Waals surface area (Å²) < 4.78 is 19.2. The lowest BCUT2D eigenvalue weighted by atomic mass is 9.79. The van der Waals surface area contributed by atoms with Gasteiger partial charge in [-0.2, -0.15) is 0 Å². The van der Waals surface area contributed by atoms with Crippen molar-refractivity contribution < 1.29 is 13.9 Å². The quantitative estimate of drug-likeness (QED) is 0.246. The molecule has 0 bridgehead atoms. The Labute approximate surface area is 249 Å². The molecule has 0 aliphatic carbocycles. The van der Waals surface area contributed by atoms with Crippen molar-refractivity contribution in [1.29, 1.82) is 0 Å². The highest BCUT2D eigenvalue weighted by Gasteiger charge is 2.27. The number of aromatic nitrogens is 1. The summed E-state index contributed by atoms with van der Waals surface area (Å²) in [5.74, 6) is 2.49. The van der Waals surface area contributed by atoms with Gasteiger partial charge in [-0.1, -0.05) is 34.6 Å². The van der Waals surface area contributed by atoms with Crippen LogP contribution in [-0.2, 0) is 17.3 Å². The highest BCUT2D eigenvalue weighted by atomic mass is 16.5. The van der Waals surface area contributed by atoms with Crippen molar-refractivity contribution in [3.63, 3.8) is 0 Å². The van der Waals surface area contributed by atoms with Crippen LogP contribution < -0.4 is 20.1 Å². The van der Waals surface area contributed by atoms with E-state index in [9.17, 15) is 0 Å². The van der Waals surface area contributed by atoms with Crippen LogP contribution in [0.3, 0.4) is 0 Å². The molecule has 2 aromatic heterocycles. The van der Waals surface area contributed by atoms with Gasteiger partial charge in [0, 0.05) is 47.2 Å². The molecule has 0 spiro atoms. The van der Waals surface area contributed by atoms with Crippen molar-refractivity contribution in [2.24, 2.45) is 0 Å². The van der Waals surface area contributed by atoms with Crippen molar-refractivity contribution in [3.05, 3.63) is 53.4 Å². The molecule has 0 aliphatic heterocycles. The summed E-state index contributed by atoms with van der Waals surface area (Å²) in [5, 5.41) is 8.13. The first-order valence-corrected chi connectivity index (χ1v) is 15.1. The number of hydrogen-bond donors (Lipinski definition) is 2.